The van der Waals surface area contributed by atoms with Crippen molar-refractivity contribution in [2.75, 3.05) is 11.9 Å². The number of hydrogen-bond donors (Lipinski definition) is 2. The monoisotopic (exact) mass is 362 g/mol. The van der Waals surface area contributed by atoms with Crippen molar-refractivity contribution in [1.29, 1.82) is 0 Å². The topological polar surface area (TPSA) is 71.2 Å². The first-order valence-corrected chi connectivity index (χ1v) is 8.83. The summed E-state index contributed by atoms with van der Waals surface area (Å²) in [6, 6.07) is 16.4. The summed E-state index contributed by atoms with van der Waals surface area (Å²) in [6.45, 7) is 6.06. The van der Waals surface area contributed by atoms with E-state index < -0.39 is 5.97 Å². The molecule has 0 radical (unpaired) electrons. The lowest BCUT2D eigenvalue weighted by Gasteiger charge is -2.09. The SMILES string of the molecule is CCOC(=O)c1cc(C(=O)c2ccccc2)[nH]c1Nc1ccc(C)c(C)c1. The predicted octanol–water partition coefficient (Wildman–Crippen LogP) is 4.78. The number of hydrogen-bond acceptors (Lipinski definition) is 4. The molecule has 1 heterocycles. The first kappa shape index (κ1) is 18.5. The molecule has 0 amide bonds. The molecule has 0 aliphatic heterocycles. The van der Waals surface area contributed by atoms with Gasteiger partial charge in [-0.05, 0) is 50.1 Å². The van der Waals surface area contributed by atoms with E-state index in [0.29, 0.717) is 22.6 Å². The Kier molecular flexibility index (Phi) is 5.41. The molecule has 0 aliphatic rings. The molecule has 0 spiro atoms. The average Bonchev–Trinajstić information content (AvgIpc) is 3.09. The van der Waals surface area contributed by atoms with Crippen LogP contribution in [0.5, 0.6) is 0 Å². The lowest BCUT2D eigenvalue weighted by atomic mass is 10.1. The third-order valence-corrected chi connectivity index (χ3v) is 4.37. The molecule has 0 saturated heterocycles. The molecule has 5 heteroatoms. The zero-order chi connectivity index (χ0) is 19.4. The molecule has 3 aromatic rings. The third kappa shape index (κ3) is 4.08. The normalized spacial score (nSPS) is 10.5. The van der Waals surface area contributed by atoms with Crippen LogP contribution in [-0.4, -0.2) is 23.3 Å². The highest BCUT2D eigenvalue weighted by atomic mass is 16.5. The fraction of sp³-hybridized carbons (Fsp3) is 0.182. The van der Waals surface area contributed by atoms with E-state index in [1.807, 2.05) is 38.1 Å². The summed E-state index contributed by atoms with van der Waals surface area (Å²) in [4.78, 5) is 28.1. The Bertz CT molecular complexity index is 974. The van der Waals surface area contributed by atoms with E-state index in [2.05, 4.69) is 10.3 Å². The predicted molar refractivity (Wildman–Crippen MR) is 106 cm³/mol. The summed E-state index contributed by atoms with van der Waals surface area (Å²) >= 11 is 0. The van der Waals surface area contributed by atoms with Gasteiger partial charge in [0, 0.05) is 11.3 Å². The van der Waals surface area contributed by atoms with Crippen LogP contribution in [0.3, 0.4) is 0 Å². The van der Waals surface area contributed by atoms with Crippen LogP contribution in [-0.2, 0) is 4.74 Å². The van der Waals surface area contributed by atoms with E-state index in [1.54, 1.807) is 31.2 Å². The van der Waals surface area contributed by atoms with Crippen LogP contribution in [0, 0.1) is 13.8 Å². The Morgan fingerprint density at radius 3 is 2.41 bits per heavy atom. The van der Waals surface area contributed by atoms with Crippen LogP contribution in [0.25, 0.3) is 0 Å². The molecule has 0 atom stereocenters. The summed E-state index contributed by atoms with van der Waals surface area (Å²) < 4.78 is 5.14. The molecule has 2 aromatic carbocycles. The van der Waals surface area contributed by atoms with Crippen LogP contribution in [0.2, 0.25) is 0 Å². The Balaban J connectivity index is 1.98. The smallest absolute Gasteiger partial charge is 0.341 e. The Labute approximate surface area is 158 Å². The number of ketones is 1. The third-order valence-electron chi connectivity index (χ3n) is 4.37. The minimum absolute atomic E-state index is 0.186. The van der Waals surface area contributed by atoms with Crippen molar-refractivity contribution in [2.45, 2.75) is 20.8 Å². The molecule has 0 saturated carbocycles. The quantitative estimate of drug-likeness (QED) is 0.489. The van der Waals surface area contributed by atoms with Gasteiger partial charge < -0.3 is 15.0 Å². The number of aryl methyl sites for hydroxylation is 2. The highest BCUT2D eigenvalue weighted by Crippen LogP contribution is 2.25. The lowest BCUT2D eigenvalue weighted by Crippen LogP contribution is -2.06. The van der Waals surface area contributed by atoms with Gasteiger partial charge in [-0.2, -0.15) is 0 Å². The van der Waals surface area contributed by atoms with Crippen molar-refractivity contribution in [3.8, 4) is 0 Å². The van der Waals surface area contributed by atoms with Crippen LogP contribution >= 0.6 is 0 Å². The molecular weight excluding hydrogens is 340 g/mol. The van der Waals surface area contributed by atoms with E-state index in [0.717, 1.165) is 11.3 Å². The first-order valence-electron chi connectivity index (χ1n) is 8.83. The number of carbonyl (C=O) groups excluding carboxylic acids is 2. The number of esters is 1. The molecule has 0 aliphatic carbocycles. The average molecular weight is 362 g/mol. The molecule has 1 aromatic heterocycles. The summed E-state index contributed by atoms with van der Waals surface area (Å²) in [7, 11) is 0. The van der Waals surface area contributed by atoms with Crippen molar-refractivity contribution in [2.24, 2.45) is 0 Å². The molecule has 0 fully saturated rings. The number of rotatable bonds is 6. The van der Waals surface area contributed by atoms with Crippen molar-refractivity contribution >= 4 is 23.3 Å². The van der Waals surface area contributed by atoms with Crippen molar-refractivity contribution in [3.63, 3.8) is 0 Å². The van der Waals surface area contributed by atoms with E-state index in [-0.39, 0.29) is 12.4 Å². The largest absolute Gasteiger partial charge is 0.462 e. The molecule has 138 valence electrons. The van der Waals surface area contributed by atoms with Gasteiger partial charge in [0.15, 0.2) is 0 Å². The highest BCUT2D eigenvalue weighted by Gasteiger charge is 2.21. The molecular formula is C22H22N2O3. The zero-order valence-corrected chi connectivity index (χ0v) is 15.6. The number of ether oxygens (including phenoxy) is 1. The molecule has 27 heavy (non-hydrogen) atoms. The van der Waals surface area contributed by atoms with Crippen molar-refractivity contribution in [3.05, 3.63) is 82.5 Å². The minimum Gasteiger partial charge on any atom is -0.462 e. The van der Waals surface area contributed by atoms with E-state index in [1.165, 1.54) is 11.6 Å². The number of H-pyrrole nitrogens is 1. The van der Waals surface area contributed by atoms with Crippen LogP contribution in [0.1, 0.15) is 44.5 Å². The van der Waals surface area contributed by atoms with E-state index in [4.69, 9.17) is 4.74 Å². The van der Waals surface area contributed by atoms with Crippen LogP contribution in [0.15, 0.2) is 54.6 Å². The van der Waals surface area contributed by atoms with Gasteiger partial charge in [0.2, 0.25) is 5.78 Å². The molecule has 5 nitrogen and oxygen atoms in total. The maximum Gasteiger partial charge on any atom is 0.341 e. The van der Waals surface area contributed by atoms with Crippen LogP contribution in [0.4, 0.5) is 11.5 Å². The second-order valence-corrected chi connectivity index (χ2v) is 6.31. The second kappa shape index (κ2) is 7.91. The van der Waals surface area contributed by atoms with E-state index >= 15 is 0 Å². The van der Waals surface area contributed by atoms with Gasteiger partial charge in [-0.25, -0.2) is 4.79 Å². The summed E-state index contributed by atoms with van der Waals surface area (Å²) in [5.41, 5.74) is 4.31. The standard InChI is InChI=1S/C22H22N2O3/c1-4-27-22(26)18-13-19(20(25)16-8-6-5-7-9-16)24-21(18)23-17-11-10-14(2)15(3)12-17/h5-13,23-24H,4H2,1-3H3. The van der Waals surface area contributed by atoms with Gasteiger partial charge >= 0.3 is 5.97 Å². The number of aromatic nitrogens is 1. The summed E-state index contributed by atoms with van der Waals surface area (Å²) in [6.07, 6.45) is 0. The number of carbonyl (C=O) groups is 2. The molecule has 0 bridgehead atoms. The number of nitrogens with one attached hydrogen (secondary N) is 2. The van der Waals surface area contributed by atoms with Gasteiger partial charge in [-0.3, -0.25) is 4.79 Å². The molecule has 3 rings (SSSR count). The minimum atomic E-state index is -0.479. The highest BCUT2D eigenvalue weighted by molar-refractivity contribution is 6.10. The van der Waals surface area contributed by atoms with Gasteiger partial charge in [-0.1, -0.05) is 36.4 Å². The summed E-state index contributed by atoms with van der Waals surface area (Å²) in [5.74, 6) is -0.225. The van der Waals surface area contributed by atoms with Crippen molar-refractivity contribution < 1.29 is 14.3 Å². The number of aromatic amines is 1. The van der Waals surface area contributed by atoms with Gasteiger partial charge in [0.05, 0.1) is 12.3 Å². The van der Waals surface area contributed by atoms with Gasteiger partial charge in [-0.15, -0.1) is 0 Å². The molecule has 0 unspecified atom stereocenters. The maximum absolute atomic E-state index is 12.7. The first-order chi connectivity index (χ1) is 13.0. The Morgan fingerprint density at radius 2 is 1.74 bits per heavy atom. The number of benzene rings is 2. The van der Waals surface area contributed by atoms with Gasteiger partial charge in [0.1, 0.15) is 11.4 Å². The fourth-order valence-electron chi connectivity index (χ4n) is 2.75. The zero-order valence-electron chi connectivity index (χ0n) is 15.6. The fourth-order valence-corrected chi connectivity index (χ4v) is 2.75. The number of anilines is 2. The lowest BCUT2D eigenvalue weighted by molar-refractivity contribution is 0.0528. The Hall–Kier alpha value is -3.34. The maximum atomic E-state index is 12.7. The second-order valence-electron chi connectivity index (χ2n) is 6.31. The summed E-state index contributed by atoms with van der Waals surface area (Å²) in [5, 5.41) is 3.20. The van der Waals surface area contributed by atoms with Gasteiger partial charge in [0.25, 0.3) is 0 Å². The van der Waals surface area contributed by atoms with Crippen molar-refractivity contribution in [1.82, 2.24) is 4.98 Å². The molecule has 2 N–H and O–H groups in total. The van der Waals surface area contributed by atoms with Crippen LogP contribution < -0.4 is 5.32 Å². The Morgan fingerprint density at radius 1 is 1.00 bits per heavy atom. The van der Waals surface area contributed by atoms with E-state index in [9.17, 15) is 9.59 Å².